The van der Waals surface area contributed by atoms with Crippen LogP contribution in [0.2, 0.25) is 0 Å². The van der Waals surface area contributed by atoms with Crippen LogP contribution in [0.15, 0.2) is 90.1 Å². The lowest BCUT2D eigenvalue weighted by molar-refractivity contribution is -0.116. The zero-order valence-electron chi connectivity index (χ0n) is 16.9. The zero-order valence-corrected chi connectivity index (χ0v) is 16.9. The molecule has 3 aromatic carbocycles. The molecule has 0 saturated carbocycles. The molecule has 0 radical (unpaired) electrons. The summed E-state index contributed by atoms with van der Waals surface area (Å²) < 4.78 is 5.44. The SMILES string of the molecule is COc1cccc([C@@H]2Nc3ccccc3NC3=C2C(=O)C[C@@H](c2ccccc2)C3)c1. The van der Waals surface area contributed by atoms with Gasteiger partial charge in [-0.25, -0.2) is 0 Å². The van der Waals surface area contributed by atoms with Crippen LogP contribution in [-0.4, -0.2) is 12.9 Å². The number of hydrogen-bond acceptors (Lipinski definition) is 4. The van der Waals surface area contributed by atoms with Crippen molar-refractivity contribution in [3.05, 3.63) is 101 Å². The Morgan fingerprint density at radius 3 is 2.37 bits per heavy atom. The Kier molecular flexibility index (Phi) is 4.75. The van der Waals surface area contributed by atoms with Gasteiger partial charge in [0.05, 0.1) is 24.5 Å². The highest BCUT2D eigenvalue weighted by Crippen LogP contribution is 2.44. The number of allylic oxidation sites excluding steroid dienone is 1. The molecule has 0 bridgehead atoms. The van der Waals surface area contributed by atoms with E-state index in [9.17, 15) is 4.79 Å². The van der Waals surface area contributed by atoms with Gasteiger partial charge in [-0.3, -0.25) is 4.79 Å². The van der Waals surface area contributed by atoms with Crippen LogP contribution in [0.3, 0.4) is 0 Å². The highest BCUT2D eigenvalue weighted by atomic mass is 16.5. The number of carbonyl (C=O) groups is 1. The van der Waals surface area contributed by atoms with E-state index in [2.05, 4.69) is 34.9 Å². The molecule has 2 aliphatic rings. The summed E-state index contributed by atoms with van der Waals surface area (Å²) in [5.74, 6) is 1.15. The van der Waals surface area contributed by atoms with E-state index in [4.69, 9.17) is 4.74 Å². The highest BCUT2D eigenvalue weighted by Gasteiger charge is 2.36. The van der Waals surface area contributed by atoms with E-state index in [-0.39, 0.29) is 17.7 Å². The van der Waals surface area contributed by atoms with E-state index >= 15 is 0 Å². The molecular weight excluding hydrogens is 372 g/mol. The van der Waals surface area contributed by atoms with Crippen LogP contribution in [0, 0.1) is 0 Å². The number of carbonyl (C=O) groups excluding carboxylic acids is 1. The third-order valence-corrected chi connectivity index (χ3v) is 6.01. The lowest BCUT2D eigenvalue weighted by Crippen LogP contribution is -2.26. The average molecular weight is 396 g/mol. The van der Waals surface area contributed by atoms with Crippen molar-refractivity contribution in [3.63, 3.8) is 0 Å². The lowest BCUT2D eigenvalue weighted by Gasteiger charge is -2.30. The topological polar surface area (TPSA) is 50.4 Å². The number of fused-ring (bicyclic) bond motifs is 1. The van der Waals surface area contributed by atoms with Crippen molar-refractivity contribution >= 4 is 17.2 Å². The van der Waals surface area contributed by atoms with Crippen molar-refractivity contribution in [2.45, 2.75) is 24.8 Å². The number of hydrogen-bond donors (Lipinski definition) is 2. The summed E-state index contributed by atoms with van der Waals surface area (Å²) in [5.41, 5.74) is 6.05. The number of anilines is 2. The number of ketones is 1. The van der Waals surface area contributed by atoms with Gasteiger partial charge in [0.25, 0.3) is 0 Å². The van der Waals surface area contributed by atoms with Gasteiger partial charge in [0.15, 0.2) is 5.78 Å². The summed E-state index contributed by atoms with van der Waals surface area (Å²) in [5, 5.41) is 7.20. The van der Waals surface area contributed by atoms with Gasteiger partial charge in [-0.15, -0.1) is 0 Å². The number of methoxy groups -OCH3 is 1. The molecule has 1 aliphatic carbocycles. The molecular formula is C26H24N2O2. The lowest BCUT2D eigenvalue weighted by atomic mass is 9.78. The molecule has 0 unspecified atom stereocenters. The molecule has 4 nitrogen and oxygen atoms in total. The Labute approximate surface area is 176 Å². The van der Waals surface area contributed by atoms with Crippen molar-refractivity contribution in [1.82, 2.24) is 0 Å². The van der Waals surface area contributed by atoms with Crippen molar-refractivity contribution in [2.75, 3.05) is 17.7 Å². The van der Waals surface area contributed by atoms with Crippen LogP contribution in [0.4, 0.5) is 11.4 Å². The number of Topliss-reactive ketones (excluding diaryl/α,β-unsaturated/α-hetero) is 1. The van der Waals surface area contributed by atoms with Crippen LogP contribution >= 0.6 is 0 Å². The zero-order chi connectivity index (χ0) is 20.5. The van der Waals surface area contributed by atoms with Gasteiger partial charge >= 0.3 is 0 Å². The molecule has 4 heteroatoms. The minimum atomic E-state index is -0.226. The van der Waals surface area contributed by atoms with Gasteiger partial charge < -0.3 is 15.4 Å². The Balaban J connectivity index is 1.62. The molecule has 30 heavy (non-hydrogen) atoms. The number of nitrogens with one attached hydrogen (secondary N) is 2. The molecule has 1 aliphatic heterocycles. The van der Waals surface area contributed by atoms with E-state index in [0.717, 1.165) is 40.4 Å². The standard InChI is InChI=1S/C26H24N2O2/c1-30-20-11-7-10-18(14-20)26-25-23(27-21-12-5-6-13-22(21)28-26)15-19(16-24(25)29)17-8-3-2-4-9-17/h2-14,19,26-28H,15-16H2,1H3/t19-,26-/m0/s1. The first-order valence-corrected chi connectivity index (χ1v) is 10.3. The Morgan fingerprint density at radius 1 is 0.833 bits per heavy atom. The van der Waals surface area contributed by atoms with Gasteiger partial charge in [0.2, 0.25) is 0 Å². The first-order chi connectivity index (χ1) is 14.7. The molecule has 0 spiro atoms. The number of ether oxygens (including phenoxy) is 1. The van der Waals surface area contributed by atoms with Crippen molar-refractivity contribution in [3.8, 4) is 5.75 Å². The minimum absolute atomic E-state index is 0.182. The van der Waals surface area contributed by atoms with Gasteiger partial charge in [-0.05, 0) is 47.7 Å². The summed E-state index contributed by atoms with van der Waals surface area (Å²) >= 11 is 0. The van der Waals surface area contributed by atoms with E-state index < -0.39 is 0 Å². The fourth-order valence-electron chi connectivity index (χ4n) is 4.52. The monoisotopic (exact) mass is 396 g/mol. The molecule has 2 N–H and O–H groups in total. The quantitative estimate of drug-likeness (QED) is 0.598. The first-order valence-electron chi connectivity index (χ1n) is 10.3. The van der Waals surface area contributed by atoms with Crippen LogP contribution in [-0.2, 0) is 4.79 Å². The Hall–Kier alpha value is -3.53. The molecule has 2 atom stereocenters. The predicted molar refractivity (Wildman–Crippen MR) is 120 cm³/mol. The molecule has 0 saturated heterocycles. The average Bonchev–Trinajstić information content (AvgIpc) is 2.96. The van der Waals surface area contributed by atoms with Crippen LogP contribution < -0.4 is 15.4 Å². The summed E-state index contributed by atoms with van der Waals surface area (Å²) in [6.45, 7) is 0. The largest absolute Gasteiger partial charge is 0.497 e. The number of benzene rings is 3. The van der Waals surface area contributed by atoms with Crippen LogP contribution in [0.25, 0.3) is 0 Å². The highest BCUT2D eigenvalue weighted by molar-refractivity contribution is 6.01. The molecule has 0 amide bonds. The molecule has 1 heterocycles. The van der Waals surface area contributed by atoms with Gasteiger partial charge in [0, 0.05) is 17.7 Å². The summed E-state index contributed by atoms with van der Waals surface area (Å²) in [6.07, 6.45) is 1.32. The third-order valence-electron chi connectivity index (χ3n) is 6.01. The maximum Gasteiger partial charge on any atom is 0.163 e. The molecule has 3 aromatic rings. The third kappa shape index (κ3) is 3.35. The molecule has 5 rings (SSSR count). The maximum atomic E-state index is 13.5. The smallest absolute Gasteiger partial charge is 0.163 e. The van der Waals surface area contributed by atoms with E-state index in [0.29, 0.717) is 6.42 Å². The summed E-state index contributed by atoms with van der Waals surface area (Å²) in [6, 6.07) is 26.2. The van der Waals surface area contributed by atoms with Gasteiger partial charge in [-0.1, -0.05) is 54.6 Å². The minimum Gasteiger partial charge on any atom is -0.497 e. The van der Waals surface area contributed by atoms with Gasteiger partial charge in [0.1, 0.15) is 5.75 Å². The molecule has 0 aromatic heterocycles. The first kappa shape index (κ1) is 18.5. The fraction of sp³-hybridized carbons (Fsp3) is 0.192. The maximum absolute atomic E-state index is 13.5. The molecule has 0 fully saturated rings. The second-order valence-corrected chi connectivity index (χ2v) is 7.86. The fourth-order valence-corrected chi connectivity index (χ4v) is 4.52. The van der Waals surface area contributed by atoms with E-state index in [1.165, 1.54) is 5.56 Å². The Morgan fingerprint density at radius 2 is 1.57 bits per heavy atom. The molecule has 150 valence electrons. The predicted octanol–water partition coefficient (Wildman–Crippen LogP) is 5.67. The van der Waals surface area contributed by atoms with Crippen molar-refractivity contribution < 1.29 is 9.53 Å². The summed E-state index contributed by atoms with van der Waals surface area (Å²) in [4.78, 5) is 13.5. The van der Waals surface area contributed by atoms with Crippen molar-refractivity contribution in [1.29, 1.82) is 0 Å². The number of para-hydroxylation sites is 2. The van der Waals surface area contributed by atoms with Gasteiger partial charge in [-0.2, -0.15) is 0 Å². The second-order valence-electron chi connectivity index (χ2n) is 7.86. The van der Waals surface area contributed by atoms with E-state index in [1.54, 1.807) is 7.11 Å². The summed E-state index contributed by atoms with van der Waals surface area (Å²) in [7, 11) is 1.66. The van der Waals surface area contributed by atoms with Crippen molar-refractivity contribution in [2.24, 2.45) is 0 Å². The van der Waals surface area contributed by atoms with E-state index in [1.807, 2.05) is 54.6 Å². The number of rotatable bonds is 3. The second kappa shape index (κ2) is 7.71. The van der Waals surface area contributed by atoms with Crippen LogP contribution in [0.1, 0.15) is 35.9 Å². The van der Waals surface area contributed by atoms with Crippen LogP contribution in [0.5, 0.6) is 5.75 Å². The normalized spacial score (nSPS) is 20.4. The Bertz CT molecular complexity index is 1120.